The third kappa shape index (κ3) is 7.49. The largest absolute Gasteiger partial charge is 0.497 e. The smallest absolute Gasteiger partial charge is 0.262 e. The van der Waals surface area contributed by atoms with Crippen molar-refractivity contribution in [1.82, 2.24) is 10.1 Å². The monoisotopic (exact) mass is 570 g/mol. The van der Waals surface area contributed by atoms with Gasteiger partial charge in [0.05, 0.1) is 17.0 Å². The van der Waals surface area contributed by atoms with Gasteiger partial charge in [0.1, 0.15) is 11.5 Å². The van der Waals surface area contributed by atoms with Gasteiger partial charge in [-0.3, -0.25) is 9.52 Å². The third-order valence-corrected chi connectivity index (χ3v) is 7.17. The lowest BCUT2D eigenvalue weighted by atomic mass is 10.1. The number of methoxy groups -OCH3 is 1. The Morgan fingerprint density at radius 2 is 1.72 bits per heavy atom. The van der Waals surface area contributed by atoms with E-state index in [1.807, 2.05) is 26.0 Å². The molecule has 0 aliphatic carbocycles. The van der Waals surface area contributed by atoms with Crippen molar-refractivity contribution in [2.24, 2.45) is 0 Å². The summed E-state index contributed by atoms with van der Waals surface area (Å²) in [5.74, 6) is 1.72. The van der Waals surface area contributed by atoms with Crippen molar-refractivity contribution in [3.05, 3.63) is 89.0 Å². The zero-order valence-corrected chi connectivity index (χ0v) is 23.0. The molecule has 0 aliphatic heterocycles. The number of rotatable bonds is 11. The molecule has 39 heavy (non-hydrogen) atoms. The average Bonchev–Trinajstić information content (AvgIpc) is 3.38. The van der Waals surface area contributed by atoms with Crippen LogP contribution < -0.4 is 19.5 Å². The lowest BCUT2D eigenvalue weighted by molar-refractivity contribution is -0.118. The van der Waals surface area contributed by atoms with E-state index in [0.29, 0.717) is 35.3 Å². The number of benzene rings is 3. The number of ether oxygens (including phenoxy) is 2. The van der Waals surface area contributed by atoms with Crippen molar-refractivity contribution in [1.29, 1.82) is 0 Å². The molecule has 0 fully saturated rings. The molecular formula is C27H27ClN4O6S. The van der Waals surface area contributed by atoms with E-state index in [9.17, 15) is 13.2 Å². The molecule has 1 amide bonds. The number of nitrogens with zero attached hydrogens (tertiary/aromatic N) is 2. The van der Waals surface area contributed by atoms with Crippen molar-refractivity contribution in [3.63, 3.8) is 0 Å². The molecule has 0 unspecified atom stereocenters. The minimum absolute atomic E-state index is 0.0480. The van der Waals surface area contributed by atoms with Gasteiger partial charge in [0.15, 0.2) is 12.4 Å². The molecule has 10 nitrogen and oxygen atoms in total. The average molecular weight is 571 g/mol. The summed E-state index contributed by atoms with van der Waals surface area (Å²) in [6.07, 6.45) is 0.507. The number of aromatic nitrogens is 2. The van der Waals surface area contributed by atoms with Gasteiger partial charge in [-0.1, -0.05) is 42.7 Å². The van der Waals surface area contributed by atoms with E-state index in [-0.39, 0.29) is 28.2 Å². The van der Waals surface area contributed by atoms with E-state index >= 15 is 0 Å². The first-order valence-electron chi connectivity index (χ1n) is 11.9. The van der Waals surface area contributed by atoms with Gasteiger partial charge in [-0.25, -0.2) is 8.42 Å². The molecule has 0 saturated heterocycles. The van der Waals surface area contributed by atoms with E-state index in [1.54, 1.807) is 36.4 Å². The Labute approximate surface area is 231 Å². The summed E-state index contributed by atoms with van der Waals surface area (Å²) < 4.78 is 43.7. The van der Waals surface area contributed by atoms with Crippen LogP contribution in [0.4, 0.5) is 11.4 Å². The zero-order chi connectivity index (χ0) is 28.0. The van der Waals surface area contributed by atoms with E-state index in [1.165, 1.54) is 25.3 Å². The molecule has 0 radical (unpaired) electrons. The second kappa shape index (κ2) is 12.2. The quantitative estimate of drug-likeness (QED) is 0.249. The van der Waals surface area contributed by atoms with Crippen molar-refractivity contribution in [2.75, 3.05) is 23.8 Å². The minimum atomic E-state index is -3.89. The van der Waals surface area contributed by atoms with Crippen molar-refractivity contribution in [2.45, 2.75) is 31.1 Å². The first kappa shape index (κ1) is 27.9. The highest BCUT2D eigenvalue weighted by Crippen LogP contribution is 2.29. The van der Waals surface area contributed by atoms with Crippen molar-refractivity contribution < 1.29 is 27.2 Å². The molecule has 1 heterocycles. The summed E-state index contributed by atoms with van der Waals surface area (Å²) in [7, 11) is -2.37. The summed E-state index contributed by atoms with van der Waals surface area (Å²) >= 11 is 6.24. The number of hydrogen-bond acceptors (Lipinski definition) is 8. The van der Waals surface area contributed by atoms with E-state index in [2.05, 4.69) is 20.2 Å². The zero-order valence-electron chi connectivity index (χ0n) is 21.5. The Morgan fingerprint density at radius 3 is 2.33 bits per heavy atom. The minimum Gasteiger partial charge on any atom is -0.497 e. The van der Waals surface area contributed by atoms with Gasteiger partial charge in [0.2, 0.25) is 5.89 Å². The molecular weight excluding hydrogens is 544 g/mol. The summed E-state index contributed by atoms with van der Waals surface area (Å²) in [5.41, 5.74) is 1.91. The number of amides is 1. The second-order valence-electron chi connectivity index (χ2n) is 8.84. The van der Waals surface area contributed by atoms with Crippen LogP contribution in [0.3, 0.4) is 0 Å². The predicted octanol–water partition coefficient (Wildman–Crippen LogP) is 5.26. The molecule has 0 aliphatic rings. The molecule has 3 aromatic carbocycles. The molecule has 1 aromatic heterocycles. The standard InChI is InChI=1S/C27H27ClN4O6S/c1-17(2)27-30-25(31-38-27)14-18-4-6-19(7-5-18)29-26(33)16-37-24-13-12-22(15-23(24)28)39(34,35)32-20-8-10-21(36-3)11-9-20/h4-13,15,17,32H,14,16H2,1-3H3,(H,29,33). The number of carbonyl (C=O) groups is 1. The SMILES string of the molecule is COc1ccc(NS(=O)(=O)c2ccc(OCC(=O)Nc3ccc(Cc4noc(C(C)C)n4)cc3)c(Cl)c2)cc1. The van der Waals surface area contributed by atoms with Gasteiger partial charge < -0.3 is 19.3 Å². The number of nitrogens with one attached hydrogen (secondary N) is 2. The van der Waals surface area contributed by atoms with Crippen LogP contribution in [-0.4, -0.2) is 38.2 Å². The van der Waals surface area contributed by atoms with Crippen LogP contribution >= 0.6 is 11.6 Å². The maximum absolute atomic E-state index is 12.7. The summed E-state index contributed by atoms with van der Waals surface area (Å²) in [5, 5.41) is 6.77. The third-order valence-electron chi connectivity index (χ3n) is 5.49. The fraction of sp³-hybridized carbons (Fsp3) is 0.222. The highest BCUT2D eigenvalue weighted by molar-refractivity contribution is 7.92. The Bertz CT molecular complexity index is 1540. The van der Waals surface area contributed by atoms with Gasteiger partial charge in [-0.05, 0) is 60.2 Å². The Balaban J connectivity index is 1.30. The summed E-state index contributed by atoms with van der Waals surface area (Å²) in [4.78, 5) is 16.7. The molecule has 4 aromatic rings. The number of sulfonamides is 1. The first-order chi connectivity index (χ1) is 18.6. The van der Waals surface area contributed by atoms with E-state index < -0.39 is 15.9 Å². The summed E-state index contributed by atoms with van der Waals surface area (Å²) in [6, 6.07) is 17.7. The molecule has 0 bridgehead atoms. The molecule has 204 valence electrons. The topological polar surface area (TPSA) is 133 Å². The van der Waals surface area contributed by atoms with Crippen LogP contribution in [0.25, 0.3) is 0 Å². The van der Waals surface area contributed by atoms with Crippen LogP contribution in [0.5, 0.6) is 11.5 Å². The number of carbonyl (C=O) groups excluding carboxylic acids is 1. The molecule has 4 rings (SSSR count). The van der Waals surface area contributed by atoms with Gasteiger partial charge >= 0.3 is 0 Å². The highest BCUT2D eigenvalue weighted by atomic mass is 35.5. The summed E-state index contributed by atoms with van der Waals surface area (Å²) in [6.45, 7) is 3.64. The molecule has 0 atom stereocenters. The van der Waals surface area contributed by atoms with Crippen LogP contribution in [0, 0.1) is 0 Å². The normalized spacial score (nSPS) is 11.3. The van der Waals surface area contributed by atoms with Crippen LogP contribution in [-0.2, 0) is 21.2 Å². The molecule has 0 saturated carbocycles. The fourth-order valence-electron chi connectivity index (χ4n) is 3.44. The van der Waals surface area contributed by atoms with Crippen LogP contribution in [0.2, 0.25) is 5.02 Å². The van der Waals surface area contributed by atoms with Crippen LogP contribution in [0.1, 0.15) is 37.0 Å². The lowest BCUT2D eigenvalue weighted by Gasteiger charge is -2.12. The molecule has 0 spiro atoms. The van der Waals surface area contributed by atoms with Gasteiger partial charge in [-0.2, -0.15) is 4.98 Å². The maximum Gasteiger partial charge on any atom is 0.262 e. The van der Waals surface area contributed by atoms with E-state index in [4.69, 9.17) is 25.6 Å². The number of hydrogen-bond donors (Lipinski definition) is 2. The van der Waals surface area contributed by atoms with E-state index in [0.717, 1.165) is 5.56 Å². The van der Waals surface area contributed by atoms with Crippen molar-refractivity contribution in [3.8, 4) is 11.5 Å². The second-order valence-corrected chi connectivity index (χ2v) is 10.9. The number of halogens is 1. The van der Waals surface area contributed by atoms with Gasteiger partial charge in [-0.15, -0.1) is 0 Å². The Kier molecular flexibility index (Phi) is 8.72. The van der Waals surface area contributed by atoms with Crippen LogP contribution in [0.15, 0.2) is 76.1 Å². The predicted molar refractivity (Wildman–Crippen MR) is 147 cm³/mol. The highest BCUT2D eigenvalue weighted by Gasteiger charge is 2.17. The van der Waals surface area contributed by atoms with Crippen molar-refractivity contribution >= 4 is 38.9 Å². The maximum atomic E-state index is 12.7. The van der Waals surface area contributed by atoms with Gasteiger partial charge in [0, 0.05) is 23.7 Å². The molecule has 2 N–H and O–H groups in total. The van der Waals surface area contributed by atoms with Gasteiger partial charge in [0.25, 0.3) is 15.9 Å². The number of anilines is 2. The first-order valence-corrected chi connectivity index (χ1v) is 13.8. The lowest BCUT2D eigenvalue weighted by Crippen LogP contribution is -2.20. The molecule has 12 heteroatoms. The Hall–Kier alpha value is -4.09. The fourth-order valence-corrected chi connectivity index (χ4v) is 4.83. The Morgan fingerprint density at radius 1 is 1.03 bits per heavy atom.